The quantitative estimate of drug-likeness (QED) is 0.841. The van der Waals surface area contributed by atoms with E-state index in [1.165, 1.54) is 18.5 Å². The molecule has 0 aliphatic heterocycles. The molecule has 0 radical (unpaired) electrons. The molecule has 1 N–H and O–H groups in total. The number of anilines is 1. The van der Waals surface area contributed by atoms with Crippen LogP contribution in [0.5, 0.6) is 0 Å². The van der Waals surface area contributed by atoms with Crippen LogP contribution in [-0.4, -0.2) is 28.5 Å². The molecule has 4 nitrogen and oxygen atoms in total. The highest BCUT2D eigenvalue weighted by atomic mass is 15.2. The summed E-state index contributed by atoms with van der Waals surface area (Å²) < 4.78 is 2.23. The number of imidazole rings is 1. The number of pyridine rings is 1. The Morgan fingerprint density at radius 1 is 1.35 bits per heavy atom. The first-order valence-electron chi connectivity index (χ1n) is 7.77. The minimum atomic E-state index is 0.721. The highest BCUT2D eigenvalue weighted by molar-refractivity contribution is 5.56. The Morgan fingerprint density at radius 2 is 2.20 bits per heavy atom. The van der Waals surface area contributed by atoms with E-state index in [2.05, 4.69) is 52.9 Å². The monoisotopic (exact) mass is 272 g/mol. The van der Waals surface area contributed by atoms with Crippen LogP contribution < -0.4 is 10.2 Å². The maximum absolute atomic E-state index is 4.85. The summed E-state index contributed by atoms with van der Waals surface area (Å²) in [7, 11) is 0. The summed E-state index contributed by atoms with van der Waals surface area (Å²) in [6.45, 7) is 7.41. The lowest BCUT2D eigenvalue weighted by Gasteiger charge is -2.21. The van der Waals surface area contributed by atoms with Gasteiger partial charge in [-0.2, -0.15) is 0 Å². The van der Waals surface area contributed by atoms with E-state index in [1.807, 2.05) is 0 Å². The SMILES string of the molecule is CCCN(CC)c1nc2ccccn2c1CNC1CC1. The molecule has 1 saturated carbocycles. The highest BCUT2D eigenvalue weighted by Gasteiger charge is 2.23. The van der Waals surface area contributed by atoms with Gasteiger partial charge in [-0.15, -0.1) is 0 Å². The standard InChI is InChI=1S/C16H24N4/c1-3-10-19(4-2)16-14(12-17-13-8-9-13)20-11-6-5-7-15(20)18-16/h5-7,11,13,17H,3-4,8-10,12H2,1-2H3. The van der Waals surface area contributed by atoms with E-state index in [1.54, 1.807) is 0 Å². The predicted octanol–water partition coefficient (Wildman–Crippen LogP) is 2.82. The van der Waals surface area contributed by atoms with Crippen molar-refractivity contribution in [2.45, 2.75) is 45.7 Å². The van der Waals surface area contributed by atoms with Crippen molar-refractivity contribution in [1.82, 2.24) is 14.7 Å². The number of hydrogen-bond acceptors (Lipinski definition) is 3. The highest BCUT2D eigenvalue weighted by Crippen LogP contribution is 2.24. The van der Waals surface area contributed by atoms with Crippen LogP contribution in [-0.2, 0) is 6.54 Å². The molecule has 0 bridgehead atoms. The number of aromatic nitrogens is 2. The fourth-order valence-corrected chi connectivity index (χ4v) is 2.66. The lowest BCUT2D eigenvalue weighted by atomic mass is 10.3. The smallest absolute Gasteiger partial charge is 0.152 e. The van der Waals surface area contributed by atoms with Gasteiger partial charge in [0.15, 0.2) is 5.82 Å². The second-order valence-electron chi connectivity index (χ2n) is 5.55. The lowest BCUT2D eigenvalue weighted by Crippen LogP contribution is -2.26. The molecule has 1 fully saturated rings. The van der Waals surface area contributed by atoms with Gasteiger partial charge >= 0.3 is 0 Å². The van der Waals surface area contributed by atoms with E-state index in [0.717, 1.165) is 43.6 Å². The van der Waals surface area contributed by atoms with E-state index in [0.29, 0.717) is 0 Å². The first kappa shape index (κ1) is 13.4. The van der Waals surface area contributed by atoms with Gasteiger partial charge < -0.3 is 14.6 Å². The average molecular weight is 272 g/mol. The Labute approximate surface area is 120 Å². The van der Waals surface area contributed by atoms with Crippen molar-refractivity contribution in [2.75, 3.05) is 18.0 Å². The molecule has 2 aromatic heterocycles. The van der Waals surface area contributed by atoms with Crippen LogP contribution in [0.15, 0.2) is 24.4 Å². The van der Waals surface area contributed by atoms with Crippen molar-refractivity contribution >= 4 is 11.5 Å². The van der Waals surface area contributed by atoms with Crippen LogP contribution in [0.3, 0.4) is 0 Å². The number of fused-ring (bicyclic) bond motifs is 1. The molecule has 0 aromatic carbocycles. The minimum absolute atomic E-state index is 0.721. The van der Waals surface area contributed by atoms with Gasteiger partial charge in [-0.3, -0.25) is 0 Å². The first-order chi connectivity index (χ1) is 9.83. The Bertz CT molecular complexity index is 571. The Morgan fingerprint density at radius 3 is 2.90 bits per heavy atom. The maximum Gasteiger partial charge on any atom is 0.152 e. The van der Waals surface area contributed by atoms with E-state index in [-0.39, 0.29) is 0 Å². The zero-order valence-corrected chi connectivity index (χ0v) is 12.5. The largest absolute Gasteiger partial charge is 0.355 e. The molecule has 0 atom stereocenters. The predicted molar refractivity (Wildman–Crippen MR) is 83.2 cm³/mol. The van der Waals surface area contributed by atoms with Crippen LogP contribution in [0.4, 0.5) is 5.82 Å². The molecule has 108 valence electrons. The number of nitrogens with one attached hydrogen (secondary N) is 1. The third kappa shape index (κ3) is 2.66. The van der Waals surface area contributed by atoms with Crippen molar-refractivity contribution in [3.63, 3.8) is 0 Å². The molecule has 2 aromatic rings. The van der Waals surface area contributed by atoms with Crippen LogP contribution in [0.25, 0.3) is 5.65 Å². The van der Waals surface area contributed by atoms with Crippen LogP contribution >= 0.6 is 0 Å². The van der Waals surface area contributed by atoms with Crippen molar-refractivity contribution < 1.29 is 0 Å². The first-order valence-corrected chi connectivity index (χ1v) is 7.77. The minimum Gasteiger partial charge on any atom is -0.355 e. The zero-order valence-electron chi connectivity index (χ0n) is 12.5. The fourth-order valence-electron chi connectivity index (χ4n) is 2.66. The van der Waals surface area contributed by atoms with Gasteiger partial charge in [0.25, 0.3) is 0 Å². The van der Waals surface area contributed by atoms with E-state index >= 15 is 0 Å². The van der Waals surface area contributed by atoms with Gasteiger partial charge in [0.2, 0.25) is 0 Å². The summed E-state index contributed by atoms with van der Waals surface area (Å²) in [5, 5.41) is 3.63. The van der Waals surface area contributed by atoms with Crippen molar-refractivity contribution in [2.24, 2.45) is 0 Å². The van der Waals surface area contributed by atoms with Crippen LogP contribution in [0, 0.1) is 0 Å². The molecule has 0 amide bonds. The van der Waals surface area contributed by atoms with Gasteiger partial charge in [-0.25, -0.2) is 4.98 Å². The maximum atomic E-state index is 4.85. The lowest BCUT2D eigenvalue weighted by molar-refractivity contribution is 0.664. The summed E-state index contributed by atoms with van der Waals surface area (Å²) >= 11 is 0. The Hall–Kier alpha value is -1.55. The second kappa shape index (κ2) is 5.83. The summed E-state index contributed by atoms with van der Waals surface area (Å²) in [6, 6.07) is 6.94. The van der Waals surface area contributed by atoms with Gasteiger partial charge in [0, 0.05) is 31.9 Å². The molecular formula is C16H24N4. The molecule has 20 heavy (non-hydrogen) atoms. The van der Waals surface area contributed by atoms with Gasteiger partial charge in [0.1, 0.15) is 5.65 Å². The van der Waals surface area contributed by atoms with Crippen LogP contribution in [0.1, 0.15) is 38.8 Å². The second-order valence-corrected chi connectivity index (χ2v) is 5.55. The molecule has 4 heteroatoms. The summed E-state index contributed by atoms with van der Waals surface area (Å²) in [5.74, 6) is 1.15. The average Bonchev–Trinajstić information content (AvgIpc) is 3.23. The third-order valence-electron chi connectivity index (χ3n) is 3.92. The molecule has 3 rings (SSSR count). The Kier molecular flexibility index (Phi) is 3.92. The normalized spacial score (nSPS) is 14.9. The fraction of sp³-hybridized carbons (Fsp3) is 0.562. The molecule has 0 unspecified atom stereocenters. The van der Waals surface area contributed by atoms with Crippen molar-refractivity contribution in [3.8, 4) is 0 Å². The topological polar surface area (TPSA) is 32.6 Å². The van der Waals surface area contributed by atoms with Crippen molar-refractivity contribution in [1.29, 1.82) is 0 Å². The number of nitrogens with zero attached hydrogens (tertiary/aromatic N) is 3. The third-order valence-corrected chi connectivity index (χ3v) is 3.92. The molecule has 2 heterocycles. The van der Waals surface area contributed by atoms with Crippen LogP contribution in [0.2, 0.25) is 0 Å². The summed E-state index contributed by atoms with van der Waals surface area (Å²) in [6.07, 6.45) is 5.91. The molecule has 1 aliphatic rings. The zero-order chi connectivity index (χ0) is 13.9. The van der Waals surface area contributed by atoms with Gasteiger partial charge in [-0.05, 0) is 38.3 Å². The number of rotatable bonds is 7. The molecule has 0 spiro atoms. The number of hydrogen-bond donors (Lipinski definition) is 1. The van der Waals surface area contributed by atoms with Gasteiger partial charge in [0.05, 0.1) is 5.69 Å². The summed E-state index contributed by atoms with van der Waals surface area (Å²) in [4.78, 5) is 7.24. The summed E-state index contributed by atoms with van der Waals surface area (Å²) in [5.41, 5.74) is 2.34. The van der Waals surface area contributed by atoms with E-state index < -0.39 is 0 Å². The van der Waals surface area contributed by atoms with E-state index in [9.17, 15) is 0 Å². The molecular weight excluding hydrogens is 248 g/mol. The molecule has 0 saturated heterocycles. The van der Waals surface area contributed by atoms with Crippen molar-refractivity contribution in [3.05, 3.63) is 30.1 Å². The van der Waals surface area contributed by atoms with E-state index in [4.69, 9.17) is 4.98 Å². The van der Waals surface area contributed by atoms with Gasteiger partial charge in [-0.1, -0.05) is 13.0 Å². The Balaban J connectivity index is 1.96. The molecule has 1 aliphatic carbocycles.